The predicted molar refractivity (Wildman–Crippen MR) is 102 cm³/mol. The van der Waals surface area contributed by atoms with E-state index in [-0.39, 0.29) is 5.69 Å². The van der Waals surface area contributed by atoms with Crippen LogP contribution in [0.15, 0.2) is 48.2 Å². The molecule has 0 bridgehead atoms. The highest BCUT2D eigenvalue weighted by Crippen LogP contribution is 2.25. The molecule has 0 unspecified atom stereocenters. The Kier molecular flexibility index (Phi) is 5.87. The van der Waals surface area contributed by atoms with Gasteiger partial charge in [0, 0.05) is 23.3 Å². The zero-order valence-corrected chi connectivity index (χ0v) is 15.7. The number of esters is 1. The standard InChI is InChI=1S/C19H18N4O3S/c1-3-13-4-6-14(7-5-13)16-11-27-19(22-16)23-17(24)12(2)26-18(25)15-10-20-8-9-21-15/h4-12H,3H2,1-2H3,(H,22,23,24)/t12-/m1/s1. The molecule has 0 aliphatic rings. The zero-order chi connectivity index (χ0) is 19.2. The van der Waals surface area contributed by atoms with E-state index in [1.165, 1.54) is 42.4 Å². The summed E-state index contributed by atoms with van der Waals surface area (Å²) in [5, 5.41) is 4.98. The second kappa shape index (κ2) is 8.50. The number of rotatable bonds is 6. The summed E-state index contributed by atoms with van der Waals surface area (Å²) in [5.74, 6) is -1.17. The molecule has 2 aromatic heterocycles. The molecule has 3 aromatic rings. The molecular weight excluding hydrogens is 364 g/mol. The van der Waals surface area contributed by atoms with Crippen molar-refractivity contribution in [3.05, 3.63) is 59.5 Å². The lowest BCUT2D eigenvalue weighted by Gasteiger charge is -2.11. The Morgan fingerprint density at radius 1 is 1.22 bits per heavy atom. The molecule has 1 N–H and O–H groups in total. The van der Waals surface area contributed by atoms with Crippen molar-refractivity contribution < 1.29 is 14.3 Å². The lowest BCUT2D eigenvalue weighted by molar-refractivity contribution is -0.123. The minimum Gasteiger partial charge on any atom is -0.448 e. The first-order valence-electron chi connectivity index (χ1n) is 8.39. The molecule has 0 radical (unpaired) electrons. The summed E-state index contributed by atoms with van der Waals surface area (Å²) in [6.07, 6.45) is 4.10. The highest BCUT2D eigenvalue weighted by Gasteiger charge is 2.21. The Morgan fingerprint density at radius 3 is 2.67 bits per heavy atom. The molecule has 0 aliphatic heterocycles. The van der Waals surface area contributed by atoms with Crippen LogP contribution in [-0.4, -0.2) is 32.9 Å². The number of ether oxygens (including phenoxy) is 1. The van der Waals surface area contributed by atoms with E-state index in [1.807, 2.05) is 17.5 Å². The smallest absolute Gasteiger partial charge is 0.359 e. The molecule has 8 heteroatoms. The first kappa shape index (κ1) is 18.7. The summed E-state index contributed by atoms with van der Waals surface area (Å²) in [4.78, 5) is 36.2. The average Bonchev–Trinajstić information content (AvgIpc) is 3.17. The Morgan fingerprint density at radius 2 is 2.00 bits per heavy atom. The first-order chi connectivity index (χ1) is 13.1. The summed E-state index contributed by atoms with van der Waals surface area (Å²) < 4.78 is 5.11. The van der Waals surface area contributed by atoms with Crippen molar-refractivity contribution in [2.45, 2.75) is 26.4 Å². The fourth-order valence-electron chi connectivity index (χ4n) is 2.26. The second-order valence-electron chi connectivity index (χ2n) is 5.72. The number of benzene rings is 1. The third-order valence-corrected chi connectivity index (χ3v) is 4.58. The highest BCUT2D eigenvalue weighted by atomic mass is 32.1. The number of carbonyl (C=O) groups is 2. The van der Waals surface area contributed by atoms with Gasteiger partial charge in [-0.3, -0.25) is 15.1 Å². The van der Waals surface area contributed by atoms with E-state index in [0.29, 0.717) is 5.13 Å². The lowest BCUT2D eigenvalue weighted by Crippen LogP contribution is -2.30. The van der Waals surface area contributed by atoms with Gasteiger partial charge < -0.3 is 4.74 Å². The van der Waals surface area contributed by atoms with Gasteiger partial charge in [-0.15, -0.1) is 11.3 Å². The van der Waals surface area contributed by atoms with Gasteiger partial charge in [-0.25, -0.2) is 14.8 Å². The fraction of sp³-hybridized carbons (Fsp3) is 0.211. The molecule has 0 aliphatic carbocycles. The van der Waals surface area contributed by atoms with Gasteiger partial charge in [-0.05, 0) is 18.9 Å². The fourth-order valence-corrected chi connectivity index (χ4v) is 2.98. The van der Waals surface area contributed by atoms with E-state index in [1.54, 1.807) is 0 Å². The van der Waals surface area contributed by atoms with E-state index in [9.17, 15) is 9.59 Å². The van der Waals surface area contributed by atoms with E-state index < -0.39 is 18.0 Å². The largest absolute Gasteiger partial charge is 0.448 e. The number of aryl methyl sites for hydroxylation is 1. The van der Waals surface area contributed by atoms with Crippen LogP contribution in [-0.2, 0) is 16.0 Å². The van der Waals surface area contributed by atoms with Gasteiger partial charge in [0.1, 0.15) is 0 Å². The van der Waals surface area contributed by atoms with Crippen molar-refractivity contribution in [2.24, 2.45) is 0 Å². The lowest BCUT2D eigenvalue weighted by atomic mass is 10.1. The average molecular weight is 382 g/mol. The van der Waals surface area contributed by atoms with Crippen molar-refractivity contribution in [1.82, 2.24) is 15.0 Å². The first-order valence-corrected chi connectivity index (χ1v) is 9.27. The van der Waals surface area contributed by atoms with Crippen LogP contribution < -0.4 is 5.32 Å². The topological polar surface area (TPSA) is 94.1 Å². The van der Waals surface area contributed by atoms with Gasteiger partial charge in [0.2, 0.25) is 0 Å². The SMILES string of the molecule is CCc1ccc(-c2csc(NC(=O)[C@@H](C)OC(=O)c3cnccn3)n2)cc1. The predicted octanol–water partition coefficient (Wildman–Crippen LogP) is 3.35. The van der Waals surface area contributed by atoms with Crippen molar-refractivity contribution in [1.29, 1.82) is 0 Å². The van der Waals surface area contributed by atoms with Crippen LogP contribution in [0.2, 0.25) is 0 Å². The molecule has 1 aromatic carbocycles. The summed E-state index contributed by atoms with van der Waals surface area (Å²) in [6.45, 7) is 3.59. The molecule has 0 spiro atoms. The summed E-state index contributed by atoms with van der Waals surface area (Å²) >= 11 is 1.31. The number of nitrogens with zero attached hydrogens (tertiary/aromatic N) is 3. The maximum absolute atomic E-state index is 12.3. The van der Waals surface area contributed by atoms with Gasteiger partial charge in [-0.1, -0.05) is 31.2 Å². The molecule has 2 heterocycles. The minimum absolute atomic E-state index is 0.0456. The Bertz CT molecular complexity index is 926. The minimum atomic E-state index is -0.990. The van der Waals surface area contributed by atoms with Crippen molar-refractivity contribution in [2.75, 3.05) is 5.32 Å². The Labute approximate surface area is 160 Å². The molecular formula is C19H18N4O3S. The van der Waals surface area contributed by atoms with E-state index in [4.69, 9.17) is 4.74 Å². The second-order valence-corrected chi connectivity index (χ2v) is 6.57. The van der Waals surface area contributed by atoms with Crippen LogP contribution in [0.25, 0.3) is 11.3 Å². The van der Waals surface area contributed by atoms with E-state index >= 15 is 0 Å². The van der Waals surface area contributed by atoms with Crippen LogP contribution in [0.4, 0.5) is 5.13 Å². The van der Waals surface area contributed by atoms with Crippen molar-refractivity contribution in [3.8, 4) is 11.3 Å². The van der Waals surface area contributed by atoms with Gasteiger partial charge in [0.15, 0.2) is 16.9 Å². The Hall–Kier alpha value is -3.13. The molecule has 1 atom stereocenters. The number of amides is 1. The van der Waals surface area contributed by atoms with Crippen LogP contribution in [0.1, 0.15) is 29.9 Å². The maximum Gasteiger partial charge on any atom is 0.359 e. The van der Waals surface area contributed by atoms with E-state index in [0.717, 1.165) is 17.7 Å². The summed E-state index contributed by atoms with van der Waals surface area (Å²) in [5.41, 5.74) is 3.05. The van der Waals surface area contributed by atoms with Gasteiger partial charge in [-0.2, -0.15) is 0 Å². The number of anilines is 1. The van der Waals surface area contributed by atoms with Crippen LogP contribution >= 0.6 is 11.3 Å². The molecule has 7 nitrogen and oxygen atoms in total. The van der Waals surface area contributed by atoms with Crippen LogP contribution in [0.5, 0.6) is 0 Å². The van der Waals surface area contributed by atoms with Gasteiger partial charge in [0.05, 0.1) is 11.9 Å². The molecule has 3 rings (SSSR count). The number of thiazole rings is 1. The number of aromatic nitrogens is 3. The number of nitrogens with one attached hydrogen (secondary N) is 1. The number of carbonyl (C=O) groups excluding carboxylic acids is 2. The highest BCUT2D eigenvalue weighted by molar-refractivity contribution is 7.14. The van der Waals surface area contributed by atoms with Crippen molar-refractivity contribution in [3.63, 3.8) is 0 Å². The molecule has 0 saturated heterocycles. The maximum atomic E-state index is 12.3. The quantitative estimate of drug-likeness (QED) is 0.657. The van der Waals surface area contributed by atoms with Crippen molar-refractivity contribution >= 4 is 28.3 Å². The zero-order valence-electron chi connectivity index (χ0n) is 14.9. The third-order valence-electron chi connectivity index (χ3n) is 3.82. The van der Waals surface area contributed by atoms with Crippen LogP contribution in [0, 0.1) is 0 Å². The Balaban J connectivity index is 1.60. The summed E-state index contributed by atoms with van der Waals surface area (Å²) in [7, 11) is 0. The molecule has 0 saturated carbocycles. The molecule has 0 fully saturated rings. The third kappa shape index (κ3) is 4.73. The summed E-state index contributed by atoms with van der Waals surface area (Å²) in [6, 6.07) is 8.12. The monoisotopic (exact) mass is 382 g/mol. The van der Waals surface area contributed by atoms with Gasteiger partial charge in [0.25, 0.3) is 5.91 Å². The number of hydrogen-bond donors (Lipinski definition) is 1. The molecule has 27 heavy (non-hydrogen) atoms. The normalized spacial score (nSPS) is 11.6. The molecule has 1 amide bonds. The molecule has 138 valence electrons. The van der Waals surface area contributed by atoms with Crippen LogP contribution in [0.3, 0.4) is 0 Å². The number of hydrogen-bond acceptors (Lipinski definition) is 7. The van der Waals surface area contributed by atoms with Gasteiger partial charge >= 0.3 is 5.97 Å². The van der Waals surface area contributed by atoms with E-state index in [2.05, 4.69) is 39.3 Å².